The Morgan fingerprint density at radius 3 is 1.29 bits per heavy atom. The highest BCUT2D eigenvalue weighted by atomic mass is 16.2. The lowest BCUT2D eigenvalue weighted by molar-refractivity contribution is -0.646. The molecule has 7 aromatic rings. The van der Waals surface area contributed by atoms with Crippen LogP contribution in [-0.4, -0.2) is 33.0 Å². The number of imidazole rings is 2. The van der Waals surface area contributed by atoms with Crippen molar-refractivity contribution in [2.75, 3.05) is 0 Å². The van der Waals surface area contributed by atoms with E-state index in [0.717, 1.165) is 44.9 Å². The van der Waals surface area contributed by atoms with Gasteiger partial charge in [0.1, 0.15) is 12.4 Å². The third-order valence-corrected chi connectivity index (χ3v) is 8.67. The first kappa shape index (κ1) is 33.3. The van der Waals surface area contributed by atoms with Gasteiger partial charge in [0.15, 0.2) is 11.4 Å². The molecular weight excluding hydrogens is 649 g/mol. The van der Waals surface area contributed by atoms with Gasteiger partial charge in [0, 0.05) is 23.3 Å². The van der Waals surface area contributed by atoms with Crippen LogP contribution in [0.3, 0.4) is 0 Å². The van der Waals surface area contributed by atoms with E-state index in [2.05, 4.69) is 87.8 Å². The molecule has 52 heavy (non-hydrogen) atoms. The predicted octanol–water partition coefficient (Wildman–Crippen LogP) is 5.71. The summed E-state index contributed by atoms with van der Waals surface area (Å²) < 4.78 is 8.43. The molecule has 7 rings (SSSR count). The van der Waals surface area contributed by atoms with Gasteiger partial charge in [-0.1, -0.05) is 72.8 Å². The number of aryl methyl sites for hydroxylation is 2. The van der Waals surface area contributed by atoms with Crippen LogP contribution in [0.4, 0.5) is 0 Å². The molecule has 2 N–H and O–H groups in total. The second-order valence-corrected chi connectivity index (χ2v) is 12.1. The summed E-state index contributed by atoms with van der Waals surface area (Å²) in [6, 6.07) is 34.2. The zero-order chi connectivity index (χ0) is 35.9. The van der Waals surface area contributed by atoms with E-state index in [0.29, 0.717) is 11.1 Å². The summed E-state index contributed by atoms with van der Waals surface area (Å²) in [5, 5.41) is 8.18. The van der Waals surface area contributed by atoms with Crippen molar-refractivity contribution in [2.45, 2.75) is 0 Å². The van der Waals surface area contributed by atoms with Gasteiger partial charge in [0.25, 0.3) is 23.1 Å². The average molecular weight is 685 g/mol. The van der Waals surface area contributed by atoms with E-state index in [1.807, 2.05) is 99.3 Å². The summed E-state index contributed by atoms with van der Waals surface area (Å²) in [5.74, 6) is -0.772. The Morgan fingerprint density at radius 1 is 0.519 bits per heavy atom. The van der Waals surface area contributed by atoms with Crippen molar-refractivity contribution in [3.8, 4) is 0 Å². The lowest BCUT2D eigenvalue weighted by Gasteiger charge is -2.03. The Balaban J connectivity index is 0.869. The number of rotatable bonds is 10. The standard InChI is InChI=1S/C42H34N8O2/c1-47-37(29-49-25-5-3-7-39(47)49)23-17-31-9-13-33(14-10-31)27-43-45-41(51)35-19-21-36(22-20-35)42(52)46-44-28-34-15-11-32(12-16-34)18-24-38-30-50-26-6-4-8-40(50)48(38)2/h3-30H,1-2H3/p+2/b23-17-,24-18-,43-27+,44-28+. The monoisotopic (exact) mass is 684 g/mol. The summed E-state index contributed by atoms with van der Waals surface area (Å²) in [5.41, 5.74) is 14.0. The first-order valence-corrected chi connectivity index (χ1v) is 16.7. The molecule has 0 saturated heterocycles. The second kappa shape index (κ2) is 15.1. The number of carbonyl (C=O) groups is 2. The predicted molar refractivity (Wildman–Crippen MR) is 204 cm³/mol. The van der Waals surface area contributed by atoms with Gasteiger partial charge < -0.3 is 0 Å². The van der Waals surface area contributed by atoms with Gasteiger partial charge in [-0.25, -0.2) is 28.8 Å². The lowest BCUT2D eigenvalue weighted by Crippen LogP contribution is -2.29. The quantitative estimate of drug-likeness (QED) is 0.110. The number of carbonyl (C=O) groups excluding carboxylic acids is 2. The van der Waals surface area contributed by atoms with Crippen LogP contribution < -0.4 is 20.0 Å². The largest absolute Gasteiger partial charge is 0.286 e. The number of nitrogens with zero attached hydrogens (tertiary/aromatic N) is 6. The number of nitrogens with one attached hydrogen (secondary N) is 2. The number of benzene rings is 3. The van der Waals surface area contributed by atoms with Crippen molar-refractivity contribution in [2.24, 2.45) is 24.3 Å². The van der Waals surface area contributed by atoms with Gasteiger partial charge >= 0.3 is 0 Å². The number of hydrogen-bond acceptors (Lipinski definition) is 4. The number of amides is 2. The fraction of sp³-hybridized carbons (Fsp3) is 0.0476. The van der Waals surface area contributed by atoms with Crippen LogP contribution in [0.25, 0.3) is 35.6 Å². The van der Waals surface area contributed by atoms with Crippen LogP contribution >= 0.6 is 0 Å². The molecular formula is C42H36N8O2+2. The number of fused-ring (bicyclic) bond motifs is 2. The number of pyridine rings is 2. The van der Waals surface area contributed by atoms with Crippen molar-refractivity contribution in [3.05, 3.63) is 179 Å². The van der Waals surface area contributed by atoms with E-state index >= 15 is 0 Å². The van der Waals surface area contributed by atoms with Gasteiger partial charge in [-0.05, 0) is 70.8 Å². The molecule has 10 heteroatoms. The highest BCUT2D eigenvalue weighted by molar-refractivity contribution is 5.98. The van der Waals surface area contributed by atoms with Crippen LogP contribution in [0.15, 0.2) is 144 Å². The first-order chi connectivity index (χ1) is 25.4. The third-order valence-electron chi connectivity index (χ3n) is 8.67. The fourth-order valence-corrected chi connectivity index (χ4v) is 5.70. The van der Waals surface area contributed by atoms with E-state index in [1.54, 1.807) is 36.7 Å². The maximum atomic E-state index is 12.6. The molecule has 0 bridgehead atoms. The Labute approximate surface area is 300 Å². The van der Waals surface area contributed by atoms with Gasteiger partial charge in [0.2, 0.25) is 0 Å². The van der Waals surface area contributed by atoms with Gasteiger partial charge in [-0.15, -0.1) is 0 Å². The van der Waals surface area contributed by atoms with Crippen molar-refractivity contribution in [1.82, 2.24) is 19.7 Å². The summed E-state index contributed by atoms with van der Waals surface area (Å²) in [4.78, 5) is 25.3. The molecule has 0 aliphatic carbocycles. The molecule has 0 saturated carbocycles. The summed E-state index contributed by atoms with van der Waals surface area (Å²) in [6.45, 7) is 0. The van der Waals surface area contributed by atoms with Gasteiger partial charge in [-0.2, -0.15) is 10.2 Å². The zero-order valence-electron chi connectivity index (χ0n) is 28.7. The van der Waals surface area contributed by atoms with Gasteiger partial charge in [0.05, 0.1) is 38.9 Å². The lowest BCUT2D eigenvalue weighted by atomic mass is 10.1. The summed E-state index contributed by atoms with van der Waals surface area (Å²) >= 11 is 0. The SMILES string of the molecule is C[n+]1c(/C=C\c2ccc(/C=N/NC(=O)c3ccc(C(=O)N/N=C/c4ccc(/C=C\c5cn6ccccc6[n+]5C)cc4)cc3)cc2)cn2ccccc21. The molecule has 0 aliphatic heterocycles. The molecule has 0 atom stereocenters. The molecule has 0 spiro atoms. The first-order valence-electron chi connectivity index (χ1n) is 16.7. The van der Waals surface area contributed by atoms with E-state index in [-0.39, 0.29) is 11.8 Å². The Bertz CT molecular complexity index is 2330. The molecule has 10 nitrogen and oxygen atoms in total. The van der Waals surface area contributed by atoms with E-state index < -0.39 is 0 Å². The number of hydrogen-bond donors (Lipinski definition) is 2. The Morgan fingerprint density at radius 2 is 0.904 bits per heavy atom. The van der Waals surface area contributed by atoms with E-state index in [1.165, 1.54) is 0 Å². The Kier molecular flexibility index (Phi) is 9.70. The van der Waals surface area contributed by atoms with Crippen LogP contribution in [0.5, 0.6) is 0 Å². The molecule has 4 heterocycles. The van der Waals surface area contributed by atoms with E-state index in [4.69, 9.17) is 0 Å². The summed E-state index contributed by atoms with van der Waals surface area (Å²) in [7, 11) is 4.08. The van der Waals surface area contributed by atoms with Crippen molar-refractivity contribution in [3.63, 3.8) is 0 Å². The zero-order valence-corrected chi connectivity index (χ0v) is 28.7. The topological polar surface area (TPSA) is 99.5 Å². The van der Waals surface area contributed by atoms with Crippen molar-refractivity contribution >= 4 is 59.8 Å². The maximum absolute atomic E-state index is 12.6. The number of hydrazone groups is 2. The molecule has 3 aromatic carbocycles. The molecule has 254 valence electrons. The van der Waals surface area contributed by atoms with Crippen LogP contribution in [0.2, 0.25) is 0 Å². The minimum atomic E-state index is -0.386. The van der Waals surface area contributed by atoms with Crippen LogP contribution in [0, 0.1) is 0 Å². The smallest absolute Gasteiger partial charge is 0.267 e. The normalized spacial score (nSPS) is 11.9. The minimum Gasteiger partial charge on any atom is -0.267 e. The third kappa shape index (κ3) is 7.66. The minimum absolute atomic E-state index is 0.373. The Hall–Kier alpha value is -7.20. The average Bonchev–Trinajstić information content (AvgIpc) is 3.68. The molecule has 4 aromatic heterocycles. The van der Waals surface area contributed by atoms with Crippen LogP contribution in [-0.2, 0) is 14.1 Å². The highest BCUT2D eigenvalue weighted by Crippen LogP contribution is 2.11. The van der Waals surface area contributed by atoms with E-state index in [9.17, 15) is 9.59 Å². The molecule has 0 fully saturated rings. The highest BCUT2D eigenvalue weighted by Gasteiger charge is 2.12. The molecule has 0 unspecified atom stereocenters. The molecule has 2 amide bonds. The molecule has 0 aliphatic rings. The summed E-state index contributed by atoms with van der Waals surface area (Å²) in [6.07, 6.45) is 19.6. The second-order valence-electron chi connectivity index (χ2n) is 12.1. The van der Waals surface area contributed by atoms with Gasteiger partial charge in [-0.3, -0.25) is 9.59 Å². The van der Waals surface area contributed by atoms with Crippen LogP contribution in [0.1, 0.15) is 54.4 Å². The van der Waals surface area contributed by atoms with Crippen molar-refractivity contribution in [1.29, 1.82) is 0 Å². The maximum Gasteiger partial charge on any atom is 0.286 e. The number of aromatic nitrogens is 4. The molecule has 0 radical (unpaired) electrons. The van der Waals surface area contributed by atoms with Crippen molar-refractivity contribution < 1.29 is 18.7 Å². The fourth-order valence-electron chi connectivity index (χ4n) is 5.70.